The van der Waals surface area contributed by atoms with E-state index in [1.165, 1.54) is 18.1 Å². The van der Waals surface area contributed by atoms with E-state index < -0.39 is 0 Å². The van der Waals surface area contributed by atoms with Crippen LogP contribution in [0.25, 0.3) is 6.08 Å². The number of hydrogen-bond donors (Lipinski definition) is 0. The summed E-state index contributed by atoms with van der Waals surface area (Å²) in [5.74, 6) is 0.335. The van der Waals surface area contributed by atoms with Gasteiger partial charge in [-0.15, -0.1) is 0 Å². The van der Waals surface area contributed by atoms with Gasteiger partial charge in [-0.3, -0.25) is 9.59 Å². The monoisotopic (exact) mass is 305 g/mol. The minimum atomic E-state index is -0.328. The van der Waals surface area contributed by atoms with Crippen LogP contribution >= 0.6 is 0 Å². The maximum atomic E-state index is 11.9. The third kappa shape index (κ3) is 6.43. The Morgan fingerprint density at radius 1 is 1.23 bits per heavy atom. The molecule has 120 valence electrons. The van der Waals surface area contributed by atoms with Crippen molar-refractivity contribution in [1.29, 1.82) is 0 Å². The molecule has 0 atom stereocenters. The van der Waals surface area contributed by atoms with Gasteiger partial charge in [-0.1, -0.05) is 19.1 Å². The van der Waals surface area contributed by atoms with E-state index in [9.17, 15) is 9.59 Å². The van der Waals surface area contributed by atoms with Gasteiger partial charge in [0, 0.05) is 19.7 Å². The molecule has 0 heterocycles. The molecule has 1 aromatic rings. The number of esters is 1. The lowest BCUT2D eigenvalue weighted by molar-refractivity contribution is -0.141. The SMILES string of the molecule is CCCOc1ccc(/C=C/C(=O)N(C)CCC(=O)OC)cc1. The van der Waals surface area contributed by atoms with E-state index in [4.69, 9.17) is 4.74 Å². The van der Waals surface area contributed by atoms with E-state index in [1.54, 1.807) is 13.1 Å². The lowest BCUT2D eigenvalue weighted by Gasteiger charge is -2.13. The summed E-state index contributed by atoms with van der Waals surface area (Å²) in [6, 6.07) is 7.54. The Hall–Kier alpha value is -2.30. The van der Waals surface area contributed by atoms with Crippen LogP contribution in [-0.2, 0) is 14.3 Å². The third-order valence-electron chi connectivity index (χ3n) is 3.03. The average Bonchev–Trinajstić information content (AvgIpc) is 2.56. The van der Waals surface area contributed by atoms with E-state index in [2.05, 4.69) is 11.7 Å². The smallest absolute Gasteiger partial charge is 0.307 e. The first-order chi connectivity index (χ1) is 10.6. The van der Waals surface area contributed by atoms with Crippen LogP contribution in [-0.4, -0.2) is 44.1 Å². The maximum absolute atomic E-state index is 11.9. The molecule has 0 aliphatic heterocycles. The van der Waals surface area contributed by atoms with Crippen molar-refractivity contribution >= 4 is 18.0 Å². The number of amides is 1. The predicted molar refractivity (Wildman–Crippen MR) is 85.5 cm³/mol. The van der Waals surface area contributed by atoms with Crippen molar-refractivity contribution in [2.45, 2.75) is 19.8 Å². The van der Waals surface area contributed by atoms with Crippen molar-refractivity contribution in [3.8, 4) is 5.75 Å². The molecule has 1 rings (SSSR count). The summed E-state index contributed by atoms with van der Waals surface area (Å²) < 4.78 is 10.0. The zero-order valence-corrected chi connectivity index (χ0v) is 13.4. The van der Waals surface area contributed by atoms with Gasteiger partial charge in [0.1, 0.15) is 5.75 Å². The van der Waals surface area contributed by atoms with E-state index in [1.807, 2.05) is 24.3 Å². The van der Waals surface area contributed by atoms with Gasteiger partial charge in [-0.2, -0.15) is 0 Å². The van der Waals surface area contributed by atoms with E-state index in [-0.39, 0.29) is 18.3 Å². The Bertz CT molecular complexity index is 508. The second kappa shape index (κ2) is 9.60. The molecule has 0 aliphatic rings. The molecule has 0 unspecified atom stereocenters. The molecule has 1 amide bonds. The molecule has 0 N–H and O–H groups in total. The first-order valence-electron chi connectivity index (χ1n) is 7.29. The fourth-order valence-corrected chi connectivity index (χ4v) is 1.66. The molecule has 0 saturated heterocycles. The molecule has 5 nitrogen and oxygen atoms in total. The Morgan fingerprint density at radius 2 is 1.91 bits per heavy atom. The van der Waals surface area contributed by atoms with Crippen LogP contribution in [0, 0.1) is 0 Å². The summed E-state index contributed by atoms with van der Waals surface area (Å²) in [5, 5.41) is 0. The van der Waals surface area contributed by atoms with Crippen molar-refractivity contribution in [1.82, 2.24) is 4.90 Å². The zero-order chi connectivity index (χ0) is 16.4. The number of methoxy groups -OCH3 is 1. The minimum Gasteiger partial charge on any atom is -0.494 e. The number of rotatable bonds is 8. The van der Waals surface area contributed by atoms with Gasteiger partial charge < -0.3 is 14.4 Å². The normalized spacial score (nSPS) is 10.5. The fourth-order valence-electron chi connectivity index (χ4n) is 1.66. The zero-order valence-electron chi connectivity index (χ0n) is 13.4. The Morgan fingerprint density at radius 3 is 2.50 bits per heavy atom. The molecule has 22 heavy (non-hydrogen) atoms. The molecular weight excluding hydrogens is 282 g/mol. The summed E-state index contributed by atoms with van der Waals surface area (Å²) >= 11 is 0. The summed E-state index contributed by atoms with van der Waals surface area (Å²) in [4.78, 5) is 24.4. The number of nitrogens with zero attached hydrogens (tertiary/aromatic N) is 1. The lowest BCUT2D eigenvalue weighted by Crippen LogP contribution is -2.27. The van der Waals surface area contributed by atoms with Crippen LogP contribution in [0.5, 0.6) is 5.75 Å². The molecule has 0 aliphatic carbocycles. The van der Waals surface area contributed by atoms with Gasteiger partial charge in [0.15, 0.2) is 0 Å². The van der Waals surface area contributed by atoms with Gasteiger partial charge in [-0.05, 0) is 30.2 Å². The van der Waals surface area contributed by atoms with Crippen LogP contribution in [0.2, 0.25) is 0 Å². The molecule has 0 aromatic heterocycles. The molecule has 0 bridgehead atoms. The van der Waals surface area contributed by atoms with Crippen molar-refractivity contribution in [2.75, 3.05) is 27.3 Å². The van der Waals surface area contributed by atoms with Crippen molar-refractivity contribution in [2.24, 2.45) is 0 Å². The minimum absolute atomic E-state index is 0.157. The van der Waals surface area contributed by atoms with Crippen LogP contribution < -0.4 is 4.74 Å². The molecule has 0 saturated carbocycles. The highest BCUT2D eigenvalue weighted by Gasteiger charge is 2.07. The topological polar surface area (TPSA) is 55.8 Å². The van der Waals surface area contributed by atoms with Crippen LogP contribution in [0.15, 0.2) is 30.3 Å². The number of carbonyl (C=O) groups excluding carboxylic acids is 2. The average molecular weight is 305 g/mol. The number of benzene rings is 1. The first-order valence-corrected chi connectivity index (χ1v) is 7.29. The van der Waals surface area contributed by atoms with Gasteiger partial charge in [-0.25, -0.2) is 0 Å². The van der Waals surface area contributed by atoms with Gasteiger partial charge >= 0.3 is 5.97 Å². The largest absolute Gasteiger partial charge is 0.494 e. The highest BCUT2D eigenvalue weighted by Crippen LogP contribution is 2.13. The molecule has 0 radical (unpaired) electrons. The van der Waals surface area contributed by atoms with E-state index in [0.717, 1.165) is 17.7 Å². The van der Waals surface area contributed by atoms with Crippen molar-refractivity contribution in [3.63, 3.8) is 0 Å². The Labute approximate surface area is 131 Å². The Balaban J connectivity index is 2.49. The van der Waals surface area contributed by atoms with E-state index >= 15 is 0 Å². The quantitative estimate of drug-likeness (QED) is 0.547. The number of likely N-dealkylation sites (N-methyl/N-ethyl adjacent to an activating group) is 1. The first kappa shape index (κ1) is 17.8. The highest BCUT2D eigenvalue weighted by atomic mass is 16.5. The van der Waals surface area contributed by atoms with E-state index in [0.29, 0.717) is 13.2 Å². The van der Waals surface area contributed by atoms with Crippen LogP contribution in [0.3, 0.4) is 0 Å². The maximum Gasteiger partial charge on any atom is 0.307 e. The van der Waals surface area contributed by atoms with Gasteiger partial charge in [0.05, 0.1) is 20.1 Å². The summed E-state index contributed by atoms with van der Waals surface area (Å²) in [7, 11) is 2.98. The predicted octanol–water partition coefficient (Wildman–Crippen LogP) is 2.51. The summed E-state index contributed by atoms with van der Waals surface area (Å²) in [6.07, 6.45) is 4.38. The second-order valence-electron chi connectivity index (χ2n) is 4.84. The fraction of sp³-hybridized carbons (Fsp3) is 0.412. The van der Waals surface area contributed by atoms with Crippen LogP contribution in [0.1, 0.15) is 25.3 Å². The number of hydrogen-bond acceptors (Lipinski definition) is 4. The van der Waals surface area contributed by atoms with Crippen LogP contribution in [0.4, 0.5) is 0 Å². The molecule has 1 aromatic carbocycles. The second-order valence-corrected chi connectivity index (χ2v) is 4.84. The standard InChI is InChI=1S/C17H23NO4/c1-4-13-22-15-8-5-14(6-9-15)7-10-16(19)18(2)12-11-17(20)21-3/h5-10H,4,11-13H2,1-3H3/b10-7+. The molecular formula is C17H23NO4. The highest BCUT2D eigenvalue weighted by molar-refractivity contribution is 5.91. The number of ether oxygens (including phenoxy) is 2. The Kier molecular flexibility index (Phi) is 7.75. The van der Waals surface area contributed by atoms with Gasteiger partial charge in [0.2, 0.25) is 5.91 Å². The third-order valence-corrected chi connectivity index (χ3v) is 3.03. The van der Waals surface area contributed by atoms with Gasteiger partial charge in [0.25, 0.3) is 0 Å². The van der Waals surface area contributed by atoms with Crippen molar-refractivity contribution in [3.05, 3.63) is 35.9 Å². The molecule has 0 fully saturated rings. The molecule has 0 spiro atoms. The lowest BCUT2D eigenvalue weighted by atomic mass is 10.2. The summed E-state index contributed by atoms with van der Waals surface area (Å²) in [5.41, 5.74) is 0.915. The number of carbonyl (C=O) groups is 2. The summed E-state index contributed by atoms with van der Waals surface area (Å²) in [6.45, 7) is 3.08. The molecule has 5 heteroatoms. The van der Waals surface area contributed by atoms with Crippen molar-refractivity contribution < 1.29 is 19.1 Å².